The van der Waals surface area contributed by atoms with Crippen molar-refractivity contribution in [3.05, 3.63) is 0 Å². The molecule has 0 aliphatic heterocycles. The number of carboxylic acids is 1. The molecule has 1 rings (SSSR count). The second-order valence-corrected chi connectivity index (χ2v) is 4.98. The monoisotopic (exact) mass is 227 g/mol. The molecule has 4 nitrogen and oxygen atoms in total. The van der Waals surface area contributed by atoms with Crippen molar-refractivity contribution in [2.75, 3.05) is 0 Å². The fourth-order valence-corrected chi connectivity index (χ4v) is 2.28. The summed E-state index contributed by atoms with van der Waals surface area (Å²) >= 11 is 0. The van der Waals surface area contributed by atoms with Gasteiger partial charge in [-0.25, -0.2) is 0 Å². The minimum absolute atomic E-state index is 0.0902. The van der Waals surface area contributed by atoms with Crippen molar-refractivity contribution in [2.45, 2.75) is 52.0 Å². The van der Waals surface area contributed by atoms with Crippen LogP contribution in [0.3, 0.4) is 0 Å². The van der Waals surface area contributed by atoms with Gasteiger partial charge in [0.15, 0.2) is 0 Å². The third kappa shape index (κ3) is 4.21. The Kier molecular flexibility index (Phi) is 4.77. The summed E-state index contributed by atoms with van der Waals surface area (Å²) in [6, 6.07) is 0.184. The molecule has 0 aromatic rings. The second-order valence-electron chi connectivity index (χ2n) is 4.98. The molecule has 0 unspecified atom stereocenters. The Morgan fingerprint density at radius 1 is 1.25 bits per heavy atom. The Bertz CT molecular complexity index is 255. The maximum Gasteiger partial charge on any atom is 0.303 e. The molecule has 16 heavy (non-hydrogen) atoms. The lowest BCUT2D eigenvalue weighted by molar-refractivity contribution is -0.138. The molecule has 0 aromatic carbocycles. The average molecular weight is 227 g/mol. The van der Waals surface area contributed by atoms with E-state index in [4.69, 9.17) is 5.11 Å². The van der Waals surface area contributed by atoms with E-state index < -0.39 is 5.97 Å². The van der Waals surface area contributed by atoms with E-state index in [2.05, 4.69) is 5.32 Å². The Hall–Kier alpha value is -1.06. The van der Waals surface area contributed by atoms with Crippen LogP contribution in [0.2, 0.25) is 0 Å². The maximum atomic E-state index is 11.7. The molecule has 0 saturated heterocycles. The van der Waals surface area contributed by atoms with Crippen molar-refractivity contribution >= 4 is 11.9 Å². The highest BCUT2D eigenvalue weighted by Gasteiger charge is 2.27. The molecular weight excluding hydrogens is 206 g/mol. The molecule has 1 aliphatic rings. The Balaban J connectivity index is 2.31. The molecule has 0 radical (unpaired) electrons. The van der Waals surface area contributed by atoms with Gasteiger partial charge < -0.3 is 10.4 Å². The quantitative estimate of drug-likeness (QED) is 0.769. The Labute approximate surface area is 96.4 Å². The van der Waals surface area contributed by atoms with E-state index in [9.17, 15) is 9.59 Å². The van der Waals surface area contributed by atoms with Gasteiger partial charge in [0.05, 0.1) is 0 Å². The summed E-state index contributed by atoms with van der Waals surface area (Å²) in [6.07, 6.45) is 3.64. The standard InChI is InChI=1S/C12H21NO3/c1-8(2)13-12(16)10-5-3-9(4-6-10)7-11(14)15/h8-10H,3-7H2,1-2H3,(H,13,16)(H,14,15). The third-order valence-corrected chi connectivity index (χ3v) is 3.11. The summed E-state index contributed by atoms with van der Waals surface area (Å²) in [5.41, 5.74) is 0. The van der Waals surface area contributed by atoms with E-state index in [-0.39, 0.29) is 30.2 Å². The van der Waals surface area contributed by atoms with E-state index in [1.165, 1.54) is 0 Å². The number of hydrogen-bond acceptors (Lipinski definition) is 2. The van der Waals surface area contributed by atoms with Crippen LogP contribution in [-0.4, -0.2) is 23.0 Å². The van der Waals surface area contributed by atoms with Gasteiger partial charge in [-0.15, -0.1) is 0 Å². The largest absolute Gasteiger partial charge is 0.481 e. The Morgan fingerprint density at radius 3 is 2.25 bits per heavy atom. The van der Waals surface area contributed by atoms with E-state index in [1.54, 1.807) is 0 Å². The zero-order chi connectivity index (χ0) is 12.1. The van der Waals surface area contributed by atoms with Gasteiger partial charge in [0, 0.05) is 18.4 Å². The molecule has 1 aliphatic carbocycles. The van der Waals surface area contributed by atoms with E-state index >= 15 is 0 Å². The SMILES string of the molecule is CC(C)NC(=O)C1CCC(CC(=O)O)CC1. The topological polar surface area (TPSA) is 66.4 Å². The second kappa shape index (κ2) is 5.87. The number of nitrogens with one attached hydrogen (secondary N) is 1. The van der Waals surface area contributed by atoms with E-state index in [0.29, 0.717) is 0 Å². The van der Waals surface area contributed by atoms with Gasteiger partial charge in [-0.2, -0.15) is 0 Å². The van der Waals surface area contributed by atoms with Crippen LogP contribution >= 0.6 is 0 Å². The number of aliphatic carboxylic acids is 1. The summed E-state index contributed by atoms with van der Waals surface area (Å²) in [5.74, 6) is -0.244. The first-order valence-corrected chi connectivity index (χ1v) is 6.01. The van der Waals surface area contributed by atoms with Crippen molar-refractivity contribution in [1.82, 2.24) is 5.32 Å². The van der Waals surface area contributed by atoms with Gasteiger partial charge in [-0.3, -0.25) is 9.59 Å². The van der Waals surface area contributed by atoms with Crippen molar-refractivity contribution in [2.24, 2.45) is 11.8 Å². The highest BCUT2D eigenvalue weighted by molar-refractivity contribution is 5.79. The number of carbonyl (C=O) groups is 2. The van der Waals surface area contributed by atoms with Crippen LogP contribution in [-0.2, 0) is 9.59 Å². The first-order valence-electron chi connectivity index (χ1n) is 6.01. The van der Waals surface area contributed by atoms with Crippen molar-refractivity contribution in [3.63, 3.8) is 0 Å². The zero-order valence-corrected chi connectivity index (χ0v) is 10.0. The predicted molar refractivity (Wildman–Crippen MR) is 61.0 cm³/mol. The number of rotatable bonds is 4. The number of amides is 1. The van der Waals surface area contributed by atoms with Gasteiger partial charge in [-0.1, -0.05) is 0 Å². The van der Waals surface area contributed by atoms with E-state index in [1.807, 2.05) is 13.8 Å². The van der Waals surface area contributed by atoms with Crippen molar-refractivity contribution in [3.8, 4) is 0 Å². The lowest BCUT2D eigenvalue weighted by Crippen LogP contribution is -2.37. The smallest absolute Gasteiger partial charge is 0.303 e. The zero-order valence-electron chi connectivity index (χ0n) is 10.0. The van der Waals surface area contributed by atoms with Crippen molar-refractivity contribution < 1.29 is 14.7 Å². The lowest BCUT2D eigenvalue weighted by Gasteiger charge is -2.27. The van der Waals surface area contributed by atoms with Crippen LogP contribution < -0.4 is 5.32 Å². The molecule has 2 N–H and O–H groups in total. The molecule has 0 atom stereocenters. The van der Waals surface area contributed by atoms with Gasteiger partial charge in [0.1, 0.15) is 0 Å². The molecular formula is C12H21NO3. The summed E-state index contributed by atoms with van der Waals surface area (Å²) in [6.45, 7) is 3.90. The summed E-state index contributed by atoms with van der Waals surface area (Å²) in [4.78, 5) is 22.3. The molecule has 0 spiro atoms. The summed E-state index contributed by atoms with van der Waals surface area (Å²) in [5, 5.41) is 11.6. The molecule has 1 amide bonds. The van der Waals surface area contributed by atoms with Gasteiger partial charge in [-0.05, 0) is 45.4 Å². The van der Waals surface area contributed by atoms with Crippen LogP contribution in [0.1, 0.15) is 46.0 Å². The summed E-state index contributed by atoms with van der Waals surface area (Å²) < 4.78 is 0. The number of hydrogen-bond donors (Lipinski definition) is 2. The molecule has 0 bridgehead atoms. The van der Waals surface area contributed by atoms with Crippen LogP contribution in [0.4, 0.5) is 0 Å². The number of carbonyl (C=O) groups excluding carboxylic acids is 1. The third-order valence-electron chi connectivity index (χ3n) is 3.11. The molecule has 0 aromatic heterocycles. The average Bonchev–Trinajstić information content (AvgIpc) is 2.16. The number of carboxylic acid groups (broad SMARTS) is 1. The first kappa shape index (κ1) is 13.0. The minimum atomic E-state index is -0.727. The highest BCUT2D eigenvalue weighted by atomic mass is 16.4. The summed E-state index contributed by atoms with van der Waals surface area (Å²) in [7, 11) is 0. The van der Waals surface area contributed by atoms with Crippen LogP contribution in [0.15, 0.2) is 0 Å². The fraction of sp³-hybridized carbons (Fsp3) is 0.833. The van der Waals surface area contributed by atoms with Crippen LogP contribution in [0, 0.1) is 11.8 Å². The molecule has 1 saturated carbocycles. The fourth-order valence-electron chi connectivity index (χ4n) is 2.28. The van der Waals surface area contributed by atoms with E-state index in [0.717, 1.165) is 25.7 Å². The van der Waals surface area contributed by atoms with Gasteiger partial charge >= 0.3 is 5.97 Å². The maximum absolute atomic E-state index is 11.7. The van der Waals surface area contributed by atoms with Crippen LogP contribution in [0.25, 0.3) is 0 Å². The molecule has 1 fully saturated rings. The van der Waals surface area contributed by atoms with Crippen LogP contribution in [0.5, 0.6) is 0 Å². The lowest BCUT2D eigenvalue weighted by atomic mass is 9.80. The van der Waals surface area contributed by atoms with Gasteiger partial charge in [0.2, 0.25) is 5.91 Å². The first-order chi connectivity index (χ1) is 7.49. The molecule has 4 heteroatoms. The van der Waals surface area contributed by atoms with Gasteiger partial charge in [0.25, 0.3) is 0 Å². The predicted octanol–water partition coefficient (Wildman–Crippen LogP) is 1.79. The van der Waals surface area contributed by atoms with Crippen molar-refractivity contribution in [1.29, 1.82) is 0 Å². The normalized spacial score (nSPS) is 25.4. The Morgan fingerprint density at radius 2 is 1.81 bits per heavy atom. The highest BCUT2D eigenvalue weighted by Crippen LogP contribution is 2.30. The molecule has 92 valence electrons. The minimum Gasteiger partial charge on any atom is -0.481 e. The molecule has 0 heterocycles.